The normalized spacial score (nSPS) is 10.9. The summed E-state index contributed by atoms with van der Waals surface area (Å²) < 4.78 is 0. The molecule has 0 saturated heterocycles. The number of hydrogen-bond acceptors (Lipinski definition) is 0. The molecular weight excluding hydrogens is 229 g/mol. The molecule has 0 spiro atoms. The largest absolute Gasteiger partial charge is 0.329 e. The van der Waals surface area contributed by atoms with Crippen LogP contribution >= 0.6 is 23.2 Å². The van der Waals surface area contributed by atoms with Crippen molar-refractivity contribution in [2.45, 2.75) is 13.5 Å². The molecule has 3 heteroatoms. The van der Waals surface area contributed by atoms with E-state index < -0.39 is 0 Å². The summed E-state index contributed by atoms with van der Waals surface area (Å²) in [5.41, 5.74) is 2.65. The Morgan fingerprint density at radius 3 is 2.00 bits per heavy atom. The number of alkyl halides is 2. The lowest BCUT2D eigenvalue weighted by atomic mass is 10.1. The van der Waals surface area contributed by atoms with E-state index in [2.05, 4.69) is 31.2 Å². The van der Waals surface area contributed by atoms with Crippen molar-refractivity contribution in [2.75, 3.05) is 24.8 Å². The van der Waals surface area contributed by atoms with Crippen LogP contribution < -0.4 is 4.90 Å². The highest BCUT2D eigenvalue weighted by Gasteiger charge is 2.07. The van der Waals surface area contributed by atoms with Crippen molar-refractivity contribution in [2.24, 2.45) is 0 Å². The van der Waals surface area contributed by atoms with Gasteiger partial charge in [0.2, 0.25) is 0 Å². The number of benzene rings is 1. The zero-order chi connectivity index (χ0) is 11.1. The van der Waals surface area contributed by atoms with E-state index in [0.717, 1.165) is 19.6 Å². The minimum absolute atomic E-state index is 0.693. The van der Waals surface area contributed by atoms with Gasteiger partial charge in [0.25, 0.3) is 0 Å². The van der Waals surface area contributed by atoms with Gasteiger partial charge in [0.15, 0.2) is 0 Å². The third kappa shape index (κ3) is 4.87. The van der Waals surface area contributed by atoms with Crippen LogP contribution in [0, 0.1) is 6.92 Å². The summed E-state index contributed by atoms with van der Waals surface area (Å²) in [5.74, 6) is 1.39. The smallest absolute Gasteiger partial charge is 0.103 e. The predicted molar refractivity (Wildman–Crippen MR) is 67.0 cm³/mol. The molecule has 0 atom stereocenters. The van der Waals surface area contributed by atoms with E-state index >= 15 is 0 Å². The Labute approximate surface area is 102 Å². The Morgan fingerprint density at radius 2 is 1.53 bits per heavy atom. The van der Waals surface area contributed by atoms with E-state index in [1.54, 1.807) is 0 Å². The van der Waals surface area contributed by atoms with Crippen molar-refractivity contribution < 1.29 is 4.90 Å². The number of hydrogen-bond donors (Lipinski definition) is 1. The SMILES string of the molecule is Cc1ccc(C[NH+](CCCl)CCCl)cc1. The molecule has 1 nitrogen and oxygen atoms in total. The molecule has 0 radical (unpaired) electrons. The molecule has 0 aliphatic carbocycles. The van der Waals surface area contributed by atoms with Crippen LogP contribution in [0.25, 0.3) is 0 Å². The van der Waals surface area contributed by atoms with Crippen molar-refractivity contribution in [1.29, 1.82) is 0 Å². The summed E-state index contributed by atoms with van der Waals surface area (Å²) in [7, 11) is 0. The standard InChI is InChI=1S/C12H17Cl2N/c1-11-2-4-12(5-3-11)10-15(8-6-13)9-7-14/h2-5H,6-10H2,1H3/p+1. The number of rotatable bonds is 6. The van der Waals surface area contributed by atoms with Crippen molar-refractivity contribution in [3.05, 3.63) is 35.4 Å². The van der Waals surface area contributed by atoms with Crippen LogP contribution in [-0.2, 0) is 6.54 Å². The highest BCUT2D eigenvalue weighted by atomic mass is 35.5. The minimum atomic E-state index is 0.693. The third-order valence-corrected chi connectivity index (χ3v) is 2.85. The second-order valence-electron chi connectivity index (χ2n) is 3.79. The Balaban J connectivity index is 2.53. The van der Waals surface area contributed by atoms with Gasteiger partial charge in [-0.05, 0) is 6.92 Å². The molecule has 0 amide bonds. The molecule has 0 aliphatic heterocycles. The number of quaternary nitrogens is 1. The van der Waals surface area contributed by atoms with Crippen LogP contribution in [0.3, 0.4) is 0 Å². The average Bonchev–Trinajstić information content (AvgIpc) is 2.22. The van der Waals surface area contributed by atoms with Gasteiger partial charge in [-0.3, -0.25) is 0 Å². The van der Waals surface area contributed by atoms with Gasteiger partial charge in [-0.1, -0.05) is 29.8 Å². The maximum Gasteiger partial charge on any atom is 0.103 e. The van der Waals surface area contributed by atoms with Crippen molar-refractivity contribution >= 4 is 23.2 Å². The zero-order valence-electron chi connectivity index (χ0n) is 9.10. The first kappa shape index (κ1) is 12.8. The number of halogens is 2. The zero-order valence-corrected chi connectivity index (χ0v) is 10.6. The molecule has 1 aromatic rings. The van der Waals surface area contributed by atoms with Crippen LogP contribution in [-0.4, -0.2) is 24.8 Å². The maximum absolute atomic E-state index is 5.76. The molecule has 15 heavy (non-hydrogen) atoms. The Morgan fingerprint density at radius 1 is 1.00 bits per heavy atom. The highest BCUT2D eigenvalue weighted by Crippen LogP contribution is 2.01. The lowest BCUT2D eigenvalue weighted by Gasteiger charge is -2.17. The Bertz CT molecular complexity index is 265. The second kappa shape index (κ2) is 7.10. The van der Waals surface area contributed by atoms with E-state index in [-0.39, 0.29) is 0 Å². The molecule has 1 aromatic carbocycles. The Hall–Kier alpha value is -0.240. The first-order valence-corrected chi connectivity index (χ1v) is 6.34. The second-order valence-corrected chi connectivity index (χ2v) is 4.55. The molecule has 84 valence electrons. The van der Waals surface area contributed by atoms with Crippen molar-refractivity contribution in [3.8, 4) is 0 Å². The number of nitrogens with one attached hydrogen (secondary N) is 1. The first-order chi connectivity index (χ1) is 7.26. The predicted octanol–water partition coefficient (Wildman–Crippen LogP) is 1.86. The fraction of sp³-hybridized carbons (Fsp3) is 0.500. The van der Waals surface area contributed by atoms with Gasteiger partial charge >= 0.3 is 0 Å². The van der Waals surface area contributed by atoms with Gasteiger partial charge in [-0.15, -0.1) is 23.2 Å². The van der Waals surface area contributed by atoms with Crippen molar-refractivity contribution in [1.82, 2.24) is 0 Å². The molecule has 1 N–H and O–H groups in total. The Kier molecular flexibility index (Phi) is 6.07. The van der Waals surface area contributed by atoms with E-state index in [1.807, 2.05) is 0 Å². The van der Waals surface area contributed by atoms with Gasteiger partial charge in [-0.2, -0.15) is 0 Å². The van der Waals surface area contributed by atoms with E-state index in [4.69, 9.17) is 23.2 Å². The molecule has 0 aromatic heterocycles. The van der Waals surface area contributed by atoms with E-state index in [1.165, 1.54) is 16.0 Å². The highest BCUT2D eigenvalue weighted by molar-refractivity contribution is 6.18. The van der Waals surface area contributed by atoms with E-state index in [0.29, 0.717) is 11.8 Å². The average molecular weight is 247 g/mol. The van der Waals surface area contributed by atoms with Gasteiger partial charge in [-0.25, -0.2) is 0 Å². The quantitative estimate of drug-likeness (QED) is 0.732. The lowest BCUT2D eigenvalue weighted by molar-refractivity contribution is -0.909. The van der Waals surface area contributed by atoms with Crippen LogP contribution in [0.1, 0.15) is 11.1 Å². The minimum Gasteiger partial charge on any atom is -0.329 e. The molecular formula is C12H18Cl2N+. The summed E-state index contributed by atoms with van der Waals surface area (Å²) in [6.07, 6.45) is 0. The molecule has 0 fully saturated rings. The lowest BCUT2D eigenvalue weighted by Crippen LogP contribution is -3.11. The van der Waals surface area contributed by atoms with Gasteiger partial charge in [0, 0.05) is 5.56 Å². The van der Waals surface area contributed by atoms with Crippen LogP contribution in [0.4, 0.5) is 0 Å². The fourth-order valence-corrected chi connectivity index (χ4v) is 2.10. The maximum atomic E-state index is 5.76. The van der Waals surface area contributed by atoms with Crippen LogP contribution in [0.15, 0.2) is 24.3 Å². The molecule has 0 heterocycles. The third-order valence-electron chi connectivity index (χ3n) is 2.47. The number of aryl methyl sites for hydroxylation is 1. The van der Waals surface area contributed by atoms with Gasteiger partial charge in [0.1, 0.15) is 6.54 Å². The molecule has 0 bridgehead atoms. The summed E-state index contributed by atoms with van der Waals surface area (Å²) >= 11 is 11.5. The molecule has 0 unspecified atom stereocenters. The fourth-order valence-electron chi connectivity index (χ4n) is 1.56. The first-order valence-electron chi connectivity index (χ1n) is 5.27. The summed E-state index contributed by atoms with van der Waals surface area (Å²) in [4.78, 5) is 1.45. The summed E-state index contributed by atoms with van der Waals surface area (Å²) in [6.45, 7) is 5.07. The van der Waals surface area contributed by atoms with Crippen molar-refractivity contribution in [3.63, 3.8) is 0 Å². The van der Waals surface area contributed by atoms with Crippen LogP contribution in [0.2, 0.25) is 0 Å². The summed E-state index contributed by atoms with van der Waals surface area (Å²) in [6, 6.07) is 8.65. The van der Waals surface area contributed by atoms with Gasteiger partial charge in [0.05, 0.1) is 24.8 Å². The van der Waals surface area contributed by atoms with Gasteiger partial charge < -0.3 is 4.90 Å². The van der Waals surface area contributed by atoms with E-state index in [9.17, 15) is 0 Å². The molecule has 1 rings (SSSR count). The monoisotopic (exact) mass is 246 g/mol. The topological polar surface area (TPSA) is 4.44 Å². The summed E-state index contributed by atoms with van der Waals surface area (Å²) in [5, 5.41) is 0. The molecule has 0 aliphatic rings. The molecule has 0 saturated carbocycles. The van der Waals surface area contributed by atoms with Crippen LogP contribution in [0.5, 0.6) is 0 Å².